The van der Waals surface area contributed by atoms with Crippen molar-refractivity contribution in [3.63, 3.8) is 0 Å². The maximum absolute atomic E-state index is 6.52. The molecule has 0 aliphatic carbocycles. The third-order valence-corrected chi connectivity index (χ3v) is 13.4. The molecule has 0 spiro atoms. The van der Waals surface area contributed by atoms with Gasteiger partial charge in [0, 0.05) is 57.2 Å². The van der Waals surface area contributed by atoms with Gasteiger partial charge in [-0.3, -0.25) is 0 Å². The van der Waals surface area contributed by atoms with Crippen LogP contribution in [-0.2, 0) is 14.2 Å². The molecule has 3 saturated heterocycles. The molecule has 3 nitrogen and oxygen atoms in total. The largest absolute Gasteiger partial charge is 0.366 e. The highest BCUT2D eigenvalue weighted by Gasteiger charge is 2.34. The fraction of sp³-hybridized carbons (Fsp3) is 0.750. The number of rotatable bonds is 10. The summed E-state index contributed by atoms with van der Waals surface area (Å²) >= 11 is 11.4. The van der Waals surface area contributed by atoms with E-state index in [-0.39, 0.29) is 21.7 Å². The molecule has 3 heterocycles. The summed E-state index contributed by atoms with van der Waals surface area (Å²) in [5.41, 5.74) is 4.39. The maximum Gasteiger partial charge on any atom is 0.112 e. The minimum atomic E-state index is -0.141. The normalized spacial score (nSPS) is 29.7. The first-order valence-corrected chi connectivity index (χ1v) is 18.0. The van der Waals surface area contributed by atoms with Crippen LogP contribution >= 0.6 is 70.6 Å². The van der Waals surface area contributed by atoms with Crippen molar-refractivity contribution in [2.75, 3.05) is 71.6 Å². The molecule has 0 aromatic rings. The van der Waals surface area contributed by atoms with Crippen LogP contribution in [0.4, 0.5) is 0 Å². The van der Waals surface area contributed by atoms with Gasteiger partial charge in [0.25, 0.3) is 0 Å². The Labute approximate surface area is 226 Å². The first kappa shape index (κ1) is 28.8. The number of hydrogen-bond acceptors (Lipinski definition) is 9. The van der Waals surface area contributed by atoms with Crippen molar-refractivity contribution in [3.05, 3.63) is 36.5 Å². The number of hydrogen-bond donors (Lipinski definition) is 0. The van der Waals surface area contributed by atoms with E-state index in [0.717, 1.165) is 58.2 Å². The molecule has 3 aliphatic rings. The molecule has 3 aliphatic heterocycles. The first-order chi connectivity index (χ1) is 16.0. The molecule has 0 N–H and O–H groups in total. The summed E-state index contributed by atoms with van der Waals surface area (Å²) in [5.74, 6) is 9.14. The topological polar surface area (TPSA) is 27.7 Å². The highest BCUT2D eigenvalue weighted by Crippen LogP contribution is 2.35. The van der Waals surface area contributed by atoms with Crippen LogP contribution in [0.3, 0.4) is 0 Å². The van der Waals surface area contributed by atoms with Crippen molar-refractivity contribution >= 4 is 70.6 Å². The average Bonchev–Trinajstić information content (AvgIpc) is 3.25. The molecule has 0 bridgehead atoms. The molecule has 188 valence electrons. The van der Waals surface area contributed by atoms with Gasteiger partial charge in [-0.2, -0.15) is 35.3 Å². The Kier molecular flexibility index (Phi) is 13.5. The van der Waals surface area contributed by atoms with Crippen molar-refractivity contribution in [3.8, 4) is 0 Å². The zero-order valence-corrected chi connectivity index (χ0v) is 24.6. The zero-order valence-electron chi connectivity index (χ0n) is 19.7. The Morgan fingerprint density at radius 2 is 0.970 bits per heavy atom. The molecule has 33 heavy (non-hydrogen) atoms. The van der Waals surface area contributed by atoms with Gasteiger partial charge in [-0.25, -0.2) is 0 Å². The standard InChI is InChI=1S/C24H38O3S6/c1-5-24(15-25-21-12-28-6-18(2)9-31-21,16-26-22-13-29-7-19(3)10-32-22)17-27-23-14-30-8-20(4)11-33-23/h21-23H,2-17H2,1H3. The Morgan fingerprint density at radius 3 is 1.27 bits per heavy atom. The van der Waals surface area contributed by atoms with Gasteiger partial charge in [-0.05, 0) is 6.42 Å². The Balaban J connectivity index is 1.59. The summed E-state index contributed by atoms with van der Waals surface area (Å²) < 4.78 is 19.6. The quantitative estimate of drug-likeness (QED) is 0.274. The SMILES string of the molecule is C=C1CSCC(OCC(CC)(COC2CSCC(=C)CS2)COC2CSCC(=C)CS2)SC1. The van der Waals surface area contributed by atoms with Gasteiger partial charge >= 0.3 is 0 Å². The highest BCUT2D eigenvalue weighted by atomic mass is 32.2. The summed E-state index contributed by atoms with van der Waals surface area (Å²) in [6, 6.07) is 0. The predicted molar refractivity (Wildman–Crippen MR) is 159 cm³/mol. The molecule has 0 radical (unpaired) electrons. The van der Waals surface area contributed by atoms with Crippen molar-refractivity contribution in [1.29, 1.82) is 0 Å². The summed E-state index contributed by atoms with van der Waals surface area (Å²) in [6.45, 7) is 16.8. The molecule has 0 aromatic heterocycles. The Hall–Kier alpha value is 1.20. The van der Waals surface area contributed by atoms with Crippen LogP contribution in [0.1, 0.15) is 13.3 Å². The Bertz CT molecular complexity index is 575. The van der Waals surface area contributed by atoms with Crippen molar-refractivity contribution < 1.29 is 14.2 Å². The van der Waals surface area contributed by atoms with Gasteiger partial charge in [-0.1, -0.05) is 43.4 Å². The minimum absolute atomic E-state index is 0.141. The second-order valence-electron chi connectivity index (χ2n) is 8.80. The van der Waals surface area contributed by atoms with E-state index in [9.17, 15) is 0 Å². The molecule has 3 unspecified atom stereocenters. The summed E-state index contributed by atoms with van der Waals surface area (Å²) in [4.78, 5) is 0. The van der Waals surface area contributed by atoms with Crippen LogP contribution in [0.25, 0.3) is 0 Å². The molecular formula is C24H38O3S6. The summed E-state index contributed by atoms with van der Waals surface area (Å²) in [6.07, 6.45) is 0.971. The van der Waals surface area contributed by atoms with Crippen LogP contribution < -0.4 is 0 Å². The third kappa shape index (κ3) is 10.6. The van der Waals surface area contributed by atoms with Crippen LogP contribution in [0.2, 0.25) is 0 Å². The monoisotopic (exact) mass is 566 g/mol. The molecule has 3 rings (SSSR count). The molecule has 3 atom stereocenters. The van der Waals surface area contributed by atoms with Gasteiger partial charge in [0.1, 0.15) is 16.3 Å². The molecular weight excluding hydrogens is 529 g/mol. The highest BCUT2D eigenvalue weighted by molar-refractivity contribution is 8.05. The van der Waals surface area contributed by atoms with Crippen LogP contribution in [0.15, 0.2) is 36.5 Å². The van der Waals surface area contributed by atoms with E-state index in [1.165, 1.54) is 16.7 Å². The summed E-state index contributed by atoms with van der Waals surface area (Å²) in [5, 5.41) is 0. The van der Waals surface area contributed by atoms with E-state index in [0.29, 0.717) is 19.8 Å². The predicted octanol–water partition coefficient (Wildman–Crippen LogP) is 6.52. The van der Waals surface area contributed by atoms with Crippen molar-refractivity contribution in [1.82, 2.24) is 0 Å². The lowest BCUT2D eigenvalue weighted by Gasteiger charge is -2.35. The zero-order chi connectivity index (χ0) is 23.5. The molecule has 0 aromatic carbocycles. The van der Waals surface area contributed by atoms with Gasteiger partial charge in [0.2, 0.25) is 0 Å². The van der Waals surface area contributed by atoms with Gasteiger partial charge < -0.3 is 14.2 Å². The van der Waals surface area contributed by atoms with E-state index >= 15 is 0 Å². The fourth-order valence-electron chi connectivity index (χ4n) is 3.33. The molecule has 9 heteroatoms. The third-order valence-electron chi connectivity index (χ3n) is 5.58. The van der Waals surface area contributed by atoms with Crippen LogP contribution in [0, 0.1) is 5.41 Å². The van der Waals surface area contributed by atoms with Crippen LogP contribution in [0.5, 0.6) is 0 Å². The van der Waals surface area contributed by atoms with E-state index in [1.54, 1.807) is 0 Å². The van der Waals surface area contributed by atoms with E-state index in [1.807, 2.05) is 70.6 Å². The second-order valence-corrected chi connectivity index (χ2v) is 15.3. The van der Waals surface area contributed by atoms with E-state index in [4.69, 9.17) is 14.2 Å². The first-order valence-electron chi connectivity index (χ1n) is 11.4. The van der Waals surface area contributed by atoms with Gasteiger partial charge in [0.15, 0.2) is 0 Å². The van der Waals surface area contributed by atoms with Gasteiger partial charge in [0.05, 0.1) is 19.8 Å². The lowest BCUT2D eigenvalue weighted by Crippen LogP contribution is -2.40. The Morgan fingerprint density at radius 1 is 0.636 bits per heavy atom. The minimum Gasteiger partial charge on any atom is -0.366 e. The van der Waals surface area contributed by atoms with E-state index < -0.39 is 0 Å². The second kappa shape index (κ2) is 15.5. The summed E-state index contributed by atoms with van der Waals surface area (Å²) in [7, 11) is 0. The van der Waals surface area contributed by atoms with Crippen molar-refractivity contribution in [2.45, 2.75) is 29.7 Å². The number of thioether (sulfide) groups is 6. The fourth-order valence-corrected chi connectivity index (χ4v) is 10.2. The lowest BCUT2D eigenvalue weighted by atomic mass is 9.88. The molecule has 3 fully saturated rings. The maximum atomic E-state index is 6.52. The van der Waals surface area contributed by atoms with E-state index in [2.05, 4.69) is 26.7 Å². The molecule has 0 saturated carbocycles. The van der Waals surface area contributed by atoms with Crippen LogP contribution in [-0.4, -0.2) is 87.9 Å². The smallest absolute Gasteiger partial charge is 0.112 e. The lowest BCUT2D eigenvalue weighted by molar-refractivity contribution is -0.0773. The average molecular weight is 567 g/mol. The van der Waals surface area contributed by atoms with Gasteiger partial charge in [-0.15, -0.1) is 35.3 Å². The van der Waals surface area contributed by atoms with Crippen molar-refractivity contribution in [2.24, 2.45) is 5.41 Å². The molecule has 0 amide bonds. The number of ether oxygens (including phenoxy) is 3.